The molecule has 4 heteroatoms. The number of Topliss-reactive ketones (excluding diaryl/α,β-unsaturated/α-hetero) is 2. The van der Waals surface area contributed by atoms with Gasteiger partial charge in [-0.25, -0.2) is 0 Å². The van der Waals surface area contributed by atoms with E-state index in [1.54, 1.807) is 6.92 Å². The van der Waals surface area contributed by atoms with Crippen LogP contribution in [0.25, 0.3) is 0 Å². The molecule has 1 fully saturated rings. The van der Waals surface area contributed by atoms with Gasteiger partial charge in [0.05, 0.1) is 13.2 Å². The average Bonchev–Trinajstić information content (AvgIpc) is 2.66. The van der Waals surface area contributed by atoms with Crippen molar-refractivity contribution in [1.29, 1.82) is 0 Å². The standard InChI is InChI=1S/C14H22O4/c1-8(9(2)11(4)15)6-17-14-10(3)13(7-18-14)12(5)16/h8,10,13-14H,2,6-7H2,1,3-5H3/t8-,10+,13+,14-/m0/s1. The van der Waals surface area contributed by atoms with Crippen molar-refractivity contribution in [3.05, 3.63) is 12.2 Å². The third kappa shape index (κ3) is 3.50. The molecule has 1 aliphatic heterocycles. The molecule has 1 rings (SSSR count). The molecule has 0 aromatic heterocycles. The summed E-state index contributed by atoms with van der Waals surface area (Å²) >= 11 is 0. The maximum Gasteiger partial charge on any atom is 0.160 e. The highest BCUT2D eigenvalue weighted by molar-refractivity contribution is 5.93. The maximum absolute atomic E-state index is 11.3. The van der Waals surface area contributed by atoms with Gasteiger partial charge in [-0.15, -0.1) is 0 Å². The van der Waals surface area contributed by atoms with Gasteiger partial charge in [0.15, 0.2) is 12.1 Å². The molecule has 0 spiro atoms. The molecule has 1 aliphatic rings. The van der Waals surface area contributed by atoms with E-state index in [9.17, 15) is 9.59 Å². The Bertz CT molecular complexity index is 348. The van der Waals surface area contributed by atoms with E-state index in [4.69, 9.17) is 9.47 Å². The van der Waals surface area contributed by atoms with E-state index in [0.29, 0.717) is 18.8 Å². The SMILES string of the molecule is C=C(C(C)=O)[C@@H](C)CO[C@H]1OC[C@@H](C(C)=O)[C@H]1C. The van der Waals surface area contributed by atoms with Crippen LogP contribution in [0.1, 0.15) is 27.7 Å². The smallest absolute Gasteiger partial charge is 0.160 e. The second kappa shape index (κ2) is 6.25. The normalized spacial score (nSPS) is 29.0. The van der Waals surface area contributed by atoms with Crippen LogP contribution in [0.4, 0.5) is 0 Å². The molecule has 4 nitrogen and oxygen atoms in total. The number of carbonyl (C=O) groups excluding carboxylic acids is 2. The molecule has 0 N–H and O–H groups in total. The first-order chi connectivity index (χ1) is 8.34. The Balaban J connectivity index is 2.43. The Morgan fingerprint density at radius 2 is 2.06 bits per heavy atom. The fraction of sp³-hybridized carbons (Fsp3) is 0.714. The number of hydrogen-bond donors (Lipinski definition) is 0. The zero-order valence-electron chi connectivity index (χ0n) is 11.6. The highest BCUT2D eigenvalue weighted by atomic mass is 16.7. The van der Waals surface area contributed by atoms with Crippen molar-refractivity contribution in [3.8, 4) is 0 Å². The molecule has 0 aliphatic carbocycles. The van der Waals surface area contributed by atoms with Gasteiger partial charge in [-0.1, -0.05) is 20.4 Å². The predicted octanol–water partition coefficient (Wildman–Crippen LogP) is 1.98. The van der Waals surface area contributed by atoms with Gasteiger partial charge in [0.25, 0.3) is 0 Å². The van der Waals surface area contributed by atoms with Gasteiger partial charge in [0, 0.05) is 17.8 Å². The molecular weight excluding hydrogens is 232 g/mol. The molecule has 0 bridgehead atoms. The summed E-state index contributed by atoms with van der Waals surface area (Å²) in [5.74, 6) is 0.0548. The molecule has 18 heavy (non-hydrogen) atoms. The zero-order valence-corrected chi connectivity index (χ0v) is 11.6. The molecule has 1 heterocycles. The minimum Gasteiger partial charge on any atom is -0.352 e. The summed E-state index contributed by atoms with van der Waals surface area (Å²) in [7, 11) is 0. The summed E-state index contributed by atoms with van der Waals surface area (Å²) in [6.07, 6.45) is -0.360. The van der Waals surface area contributed by atoms with Crippen LogP contribution in [0, 0.1) is 17.8 Å². The van der Waals surface area contributed by atoms with Crippen LogP contribution in [-0.4, -0.2) is 31.1 Å². The molecule has 1 saturated heterocycles. The van der Waals surface area contributed by atoms with Gasteiger partial charge in [0.1, 0.15) is 5.78 Å². The summed E-state index contributed by atoms with van der Waals surface area (Å²) in [5, 5.41) is 0. The maximum atomic E-state index is 11.3. The number of carbonyl (C=O) groups is 2. The lowest BCUT2D eigenvalue weighted by Gasteiger charge is -2.20. The fourth-order valence-corrected chi connectivity index (χ4v) is 2.07. The van der Waals surface area contributed by atoms with Crippen molar-refractivity contribution in [2.75, 3.05) is 13.2 Å². The van der Waals surface area contributed by atoms with Crippen molar-refractivity contribution < 1.29 is 19.1 Å². The van der Waals surface area contributed by atoms with Gasteiger partial charge in [-0.05, 0) is 19.4 Å². The largest absolute Gasteiger partial charge is 0.352 e. The van der Waals surface area contributed by atoms with Crippen molar-refractivity contribution in [2.24, 2.45) is 17.8 Å². The Hall–Kier alpha value is -1.00. The molecule has 0 amide bonds. The summed E-state index contributed by atoms with van der Waals surface area (Å²) in [6.45, 7) is 11.5. The van der Waals surface area contributed by atoms with E-state index >= 15 is 0 Å². The van der Waals surface area contributed by atoms with Crippen molar-refractivity contribution in [1.82, 2.24) is 0 Å². The van der Waals surface area contributed by atoms with Gasteiger partial charge in [-0.3, -0.25) is 9.59 Å². The van der Waals surface area contributed by atoms with E-state index < -0.39 is 0 Å². The minimum atomic E-state index is -0.360. The molecule has 0 aromatic rings. The van der Waals surface area contributed by atoms with Gasteiger partial charge in [0.2, 0.25) is 0 Å². The Labute approximate surface area is 108 Å². The average molecular weight is 254 g/mol. The Kier molecular flexibility index (Phi) is 5.23. The number of ether oxygens (including phenoxy) is 2. The summed E-state index contributed by atoms with van der Waals surface area (Å²) in [5.41, 5.74) is 0.559. The molecule has 0 unspecified atom stereocenters. The van der Waals surface area contributed by atoms with Crippen molar-refractivity contribution in [3.63, 3.8) is 0 Å². The molecule has 4 atom stereocenters. The summed E-state index contributed by atoms with van der Waals surface area (Å²) in [4.78, 5) is 22.5. The van der Waals surface area contributed by atoms with E-state index in [-0.39, 0.29) is 35.6 Å². The third-order valence-corrected chi connectivity index (χ3v) is 3.58. The van der Waals surface area contributed by atoms with Crippen LogP contribution in [0.15, 0.2) is 12.2 Å². The third-order valence-electron chi connectivity index (χ3n) is 3.58. The molecule has 0 saturated carbocycles. The summed E-state index contributed by atoms with van der Waals surface area (Å²) < 4.78 is 11.1. The number of rotatable bonds is 6. The highest BCUT2D eigenvalue weighted by Crippen LogP contribution is 2.28. The zero-order chi connectivity index (χ0) is 13.9. The van der Waals surface area contributed by atoms with Gasteiger partial charge in [-0.2, -0.15) is 0 Å². The Morgan fingerprint density at radius 1 is 1.44 bits per heavy atom. The lowest BCUT2D eigenvalue weighted by Crippen LogP contribution is -2.26. The second-order valence-electron chi connectivity index (χ2n) is 5.09. The molecule has 102 valence electrons. The van der Waals surface area contributed by atoms with Crippen LogP contribution < -0.4 is 0 Å². The first-order valence-corrected chi connectivity index (χ1v) is 6.28. The Morgan fingerprint density at radius 3 is 2.50 bits per heavy atom. The number of hydrogen-bond acceptors (Lipinski definition) is 4. The van der Waals surface area contributed by atoms with E-state index in [0.717, 1.165) is 0 Å². The van der Waals surface area contributed by atoms with Gasteiger partial charge < -0.3 is 9.47 Å². The van der Waals surface area contributed by atoms with Crippen molar-refractivity contribution in [2.45, 2.75) is 34.0 Å². The topological polar surface area (TPSA) is 52.6 Å². The second-order valence-corrected chi connectivity index (χ2v) is 5.09. The van der Waals surface area contributed by atoms with E-state index in [1.165, 1.54) is 6.92 Å². The van der Waals surface area contributed by atoms with Crippen LogP contribution in [0.2, 0.25) is 0 Å². The fourth-order valence-electron chi connectivity index (χ4n) is 2.07. The lowest BCUT2D eigenvalue weighted by atomic mass is 9.93. The first-order valence-electron chi connectivity index (χ1n) is 6.28. The first kappa shape index (κ1) is 15.1. The summed E-state index contributed by atoms with van der Waals surface area (Å²) in [6, 6.07) is 0. The van der Waals surface area contributed by atoms with Crippen LogP contribution >= 0.6 is 0 Å². The molecule has 0 radical (unpaired) electrons. The molecule has 0 aromatic carbocycles. The quantitative estimate of drug-likeness (QED) is 0.680. The highest BCUT2D eigenvalue weighted by Gasteiger charge is 2.37. The van der Waals surface area contributed by atoms with Gasteiger partial charge >= 0.3 is 0 Å². The lowest BCUT2D eigenvalue weighted by molar-refractivity contribution is -0.135. The van der Waals surface area contributed by atoms with Crippen LogP contribution in [0.5, 0.6) is 0 Å². The predicted molar refractivity (Wildman–Crippen MR) is 68.0 cm³/mol. The van der Waals surface area contributed by atoms with Crippen molar-refractivity contribution >= 4 is 11.6 Å². The van der Waals surface area contributed by atoms with E-state index in [1.807, 2.05) is 13.8 Å². The molecular formula is C14H22O4. The number of ketones is 2. The minimum absolute atomic E-state index is 0.0203. The van der Waals surface area contributed by atoms with E-state index in [2.05, 4.69) is 6.58 Å². The monoisotopic (exact) mass is 254 g/mol. The van der Waals surface area contributed by atoms with Crippen LogP contribution in [0.3, 0.4) is 0 Å². The van der Waals surface area contributed by atoms with Crippen LogP contribution in [-0.2, 0) is 19.1 Å².